The SMILES string of the molecule is CC1(C)CCC(CC(=O)N[C@H]2CC[C@@H](C(=O)O)C2)CC1. The lowest BCUT2D eigenvalue weighted by Crippen LogP contribution is -2.35. The van der Waals surface area contributed by atoms with Crippen LogP contribution in [-0.4, -0.2) is 23.0 Å². The Hall–Kier alpha value is -1.06. The number of hydrogen-bond acceptors (Lipinski definition) is 2. The molecule has 0 radical (unpaired) electrons. The van der Waals surface area contributed by atoms with Crippen molar-refractivity contribution >= 4 is 11.9 Å². The van der Waals surface area contributed by atoms with E-state index in [0.717, 1.165) is 19.3 Å². The number of nitrogens with one attached hydrogen (secondary N) is 1. The van der Waals surface area contributed by atoms with E-state index >= 15 is 0 Å². The van der Waals surface area contributed by atoms with Crippen LogP contribution < -0.4 is 5.32 Å². The average molecular weight is 281 g/mol. The fraction of sp³-hybridized carbons (Fsp3) is 0.875. The van der Waals surface area contributed by atoms with Crippen LogP contribution in [0.5, 0.6) is 0 Å². The van der Waals surface area contributed by atoms with Gasteiger partial charge in [-0.1, -0.05) is 13.8 Å². The minimum atomic E-state index is -0.726. The van der Waals surface area contributed by atoms with Crippen LogP contribution in [0.4, 0.5) is 0 Å². The summed E-state index contributed by atoms with van der Waals surface area (Å²) in [6, 6.07) is 0.0728. The van der Waals surface area contributed by atoms with Gasteiger partial charge in [0.2, 0.25) is 5.91 Å². The Morgan fingerprint density at radius 3 is 2.35 bits per heavy atom. The summed E-state index contributed by atoms with van der Waals surface area (Å²) in [7, 11) is 0. The highest BCUT2D eigenvalue weighted by Crippen LogP contribution is 2.39. The summed E-state index contributed by atoms with van der Waals surface area (Å²) < 4.78 is 0. The standard InChI is InChI=1S/C16H27NO3/c1-16(2)7-5-11(6-8-16)9-14(18)17-13-4-3-12(10-13)15(19)20/h11-13H,3-10H2,1-2H3,(H,17,18)(H,19,20)/t12-,13+/m1/s1. The van der Waals surface area contributed by atoms with E-state index in [1.165, 1.54) is 12.8 Å². The van der Waals surface area contributed by atoms with Gasteiger partial charge in [-0.2, -0.15) is 0 Å². The number of amides is 1. The van der Waals surface area contributed by atoms with E-state index in [1.807, 2.05) is 0 Å². The first kappa shape index (κ1) is 15.3. The lowest BCUT2D eigenvalue weighted by molar-refractivity contribution is -0.141. The summed E-state index contributed by atoms with van der Waals surface area (Å²) in [6.07, 6.45) is 7.40. The van der Waals surface area contributed by atoms with Crippen molar-refractivity contribution in [3.05, 3.63) is 0 Å². The van der Waals surface area contributed by atoms with Crippen molar-refractivity contribution in [2.24, 2.45) is 17.3 Å². The van der Waals surface area contributed by atoms with Crippen molar-refractivity contribution in [1.82, 2.24) is 5.32 Å². The zero-order chi connectivity index (χ0) is 14.8. The fourth-order valence-electron chi connectivity index (χ4n) is 3.55. The number of carbonyl (C=O) groups is 2. The monoisotopic (exact) mass is 281 g/mol. The van der Waals surface area contributed by atoms with Gasteiger partial charge in [0.05, 0.1) is 5.92 Å². The predicted molar refractivity (Wildman–Crippen MR) is 77.3 cm³/mol. The van der Waals surface area contributed by atoms with E-state index in [0.29, 0.717) is 30.6 Å². The smallest absolute Gasteiger partial charge is 0.306 e. The molecule has 0 aromatic carbocycles. The van der Waals surface area contributed by atoms with E-state index in [1.54, 1.807) is 0 Å². The number of carboxylic acid groups (broad SMARTS) is 1. The van der Waals surface area contributed by atoms with Crippen LogP contribution in [0.1, 0.15) is 65.2 Å². The van der Waals surface area contributed by atoms with Crippen molar-refractivity contribution in [2.75, 3.05) is 0 Å². The molecule has 2 aliphatic rings. The van der Waals surface area contributed by atoms with Crippen LogP contribution in [0.3, 0.4) is 0 Å². The first-order chi connectivity index (χ1) is 9.35. The molecule has 1 amide bonds. The fourth-order valence-corrected chi connectivity index (χ4v) is 3.55. The summed E-state index contributed by atoms with van der Waals surface area (Å²) in [5, 5.41) is 12.0. The van der Waals surface area contributed by atoms with E-state index in [9.17, 15) is 9.59 Å². The normalized spacial score (nSPS) is 30.1. The molecular formula is C16H27NO3. The van der Waals surface area contributed by atoms with Gasteiger partial charge < -0.3 is 10.4 Å². The Morgan fingerprint density at radius 2 is 1.80 bits per heavy atom. The number of rotatable bonds is 4. The van der Waals surface area contributed by atoms with Crippen LogP contribution in [0, 0.1) is 17.3 Å². The average Bonchev–Trinajstić information content (AvgIpc) is 2.80. The summed E-state index contributed by atoms with van der Waals surface area (Å²) >= 11 is 0. The van der Waals surface area contributed by atoms with Crippen LogP contribution >= 0.6 is 0 Å². The van der Waals surface area contributed by atoms with Gasteiger partial charge in [-0.05, 0) is 56.3 Å². The Morgan fingerprint density at radius 1 is 1.15 bits per heavy atom. The van der Waals surface area contributed by atoms with Gasteiger partial charge in [-0.15, -0.1) is 0 Å². The third-order valence-corrected chi connectivity index (χ3v) is 5.08. The molecule has 0 bridgehead atoms. The second kappa shape index (κ2) is 6.15. The molecule has 4 nitrogen and oxygen atoms in total. The lowest BCUT2D eigenvalue weighted by Gasteiger charge is -2.34. The maximum atomic E-state index is 12.0. The minimum Gasteiger partial charge on any atom is -0.481 e. The van der Waals surface area contributed by atoms with Gasteiger partial charge >= 0.3 is 5.97 Å². The van der Waals surface area contributed by atoms with E-state index in [4.69, 9.17) is 5.11 Å². The molecule has 2 atom stereocenters. The van der Waals surface area contributed by atoms with E-state index < -0.39 is 5.97 Å². The van der Waals surface area contributed by atoms with Gasteiger partial charge in [0.15, 0.2) is 0 Å². The third-order valence-electron chi connectivity index (χ3n) is 5.08. The molecule has 0 aliphatic heterocycles. The first-order valence-corrected chi connectivity index (χ1v) is 7.88. The first-order valence-electron chi connectivity index (χ1n) is 7.88. The third kappa shape index (κ3) is 4.22. The molecule has 2 rings (SSSR count). The molecule has 0 unspecified atom stereocenters. The van der Waals surface area contributed by atoms with Crippen molar-refractivity contribution < 1.29 is 14.7 Å². The number of carbonyl (C=O) groups excluding carboxylic acids is 1. The van der Waals surface area contributed by atoms with Crippen LogP contribution in [0.2, 0.25) is 0 Å². The molecule has 2 aliphatic carbocycles. The largest absolute Gasteiger partial charge is 0.481 e. The second-order valence-electron chi connectivity index (χ2n) is 7.42. The van der Waals surface area contributed by atoms with Crippen LogP contribution in [-0.2, 0) is 9.59 Å². The highest BCUT2D eigenvalue weighted by atomic mass is 16.4. The highest BCUT2D eigenvalue weighted by molar-refractivity contribution is 5.77. The Balaban J connectivity index is 1.70. The highest BCUT2D eigenvalue weighted by Gasteiger charge is 2.32. The molecule has 4 heteroatoms. The van der Waals surface area contributed by atoms with Gasteiger partial charge in [-0.25, -0.2) is 0 Å². The number of hydrogen-bond donors (Lipinski definition) is 2. The molecule has 0 spiro atoms. The van der Waals surface area contributed by atoms with Crippen molar-refractivity contribution in [2.45, 2.75) is 71.3 Å². The molecule has 2 N–H and O–H groups in total. The Kier molecular flexibility index (Phi) is 4.71. The van der Waals surface area contributed by atoms with Gasteiger partial charge in [-0.3, -0.25) is 9.59 Å². The maximum Gasteiger partial charge on any atom is 0.306 e. The molecular weight excluding hydrogens is 254 g/mol. The van der Waals surface area contributed by atoms with Crippen molar-refractivity contribution in [3.63, 3.8) is 0 Å². The van der Waals surface area contributed by atoms with Gasteiger partial charge in [0.25, 0.3) is 0 Å². The molecule has 2 saturated carbocycles. The van der Waals surface area contributed by atoms with E-state index in [-0.39, 0.29) is 17.9 Å². The number of aliphatic carboxylic acids is 1. The van der Waals surface area contributed by atoms with Crippen molar-refractivity contribution in [1.29, 1.82) is 0 Å². The zero-order valence-electron chi connectivity index (χ0n) is 12.7. The Bertz CT molecular complexity index is 368. The minimum absolute atomic E-state index is 0.0728. The summed E-state index contributed by atoms with van der Waals surface area (Å²) in [6.45, 7) is 4.60. The molecule has 0 aromatic rings. The molecule has 2 fully saturated rings. The van der Waals surface area contributed by atoms with Crippen molar-refractivity contribution in [3.8, 4) is 0 Å². The summed E-state index contributed by atoms with van der Waals surface area (Å²) in [5.74, 6) is -0.363. The number of carboxylic acids is 1. The van der Waals surface area contributed by atoms with E-state index in [2.05, 4.69) is 19.2 Å². The van der Waals surface area contributed by atoms with Crippen LogP contribution in [0.15, 0.2) is 0 Å². The summed E-state index contributed by atoms with van der Waals surface area (Å²) in [4.78, 5) is 22.9. The molecule has 114 valence electrons. The molecule has 0 aromatic heterocycles. The molecule has 20 heavy (non-hydrogen) atoms. The second-order valence-corrected chi connectivity index (χ2v) is 7.42. The lowest BCUT2D eigenvalue weighted by atomic mass is 9.72. The van der Waals surface area contributed by atoms with Gasteiger partial charge in [0, 0.05) is 12.5 Å². The Labute approximate surface area is 121 Å². The van der Waals surface area contributed by atoms with Crippen LogP contribution in [0.25, 0.3) is 0 Å². The van der Waals surface area contributed by atoms with Gasteiger partial charge in [0.1, 0.15) is 0 Å². The quantitative estimate of drug-likeness (QED) is 0.832. The summed E-state index contributed by atoms with van der Waals surface area (Å²) in [5.41, 5.74) is 0.438. The maximum absolute atomic E-state index is 12.0. The zero-order valence-corrected chi connectivity index (χ0v) is 12.7. The molecule has 0 heterocycles. The predicted octanol–water partition coefficient (Wildman–Crippen LogP) is 2.96. The molecule has 0 saturated heterocycles. The topological polar surface area (TPSA) is 66.4 Å².